The van der Waals surface area contributed by atoms with E-state index >= 15 is 0 Å². The van der Waals surface area contributed by atoms with Gasteiger partial charge in [0.2, 0.25) is 0 Å². The number of unbranched alkanes of at least 4 members (excludes halogenated alkanes) is 33. The quantitative estimate of drug-likeness (QED) is 0.0261. The molecule has 1 atom stereocenters. The summed E-state index contributed by atoms with van der Waals surface area (Å²) in [7, 11) is 0. The molecule has 0 aliphatic rings. The Morgan fingerprint density at radius 3 is 0.827 bits per heavy atom. The zero-order valence-electron chi connectivity index (χ0n) is 53.3. The highest BCUT2D eigenvalue weighted by atomic mass is 16.6. The molecule has 0 aliphatic heterocycles. The van der Waals surface area contributed by atoms with Crippen LogP contribution in [0.2, 0.25) is 0 Å². The first-order valence-electron chi connectivity index (χ1n) is 34.4. The van der Waals surface area contributed by atoms with Crippen molar-refractivity contribution in [2.45, 2.75) is 335 Å². The molecule has 6 heteroatoms. The zero-order valence-corrected chi connectivity index (χ0v) is 53.3. The van der Waals surface area contributed by atoms with Crippen LogP contribution in [0, 0.1) is 0 Å². The zero-order chi connectivity index (χ0) is 58.5. The van der Waals surface area contributed by atoms with Gasteiger partial charge in [-0.15, -0.1) is 0 Å². The number of esters is 3. The van der Waals surface area contributed by atoms with Crippen molar-refractivity contribution in [3.8, 4) is 0 Å². The molecule has 0 heterocycles. The third-order valence-corrected chi connectivity index (χ3v) is 14.8. The molecular weight excluding hydrogens is 997 g/mol. The minimum absolute atomic E-state index is 0.0997. The molecule has 1 unspecified atom stereocenters. The van der Waals surface area contributed by atoms with Crippen molar-refractivity contribution in [1.29, 1.82) is 0 Å². The molecule has 6 nitrogen and oxygen atoms in total. The van der Waals surface area contributed by atoms with Gasteiger partial charge in [0.15, 0.2) is 6.10 Å². The van der Waals surface area contributed by atoms with E-state index in [9.17, 15) is 14.4 Å². The number of carbonyl (C=O) groups excluding carboxylic acids is 3. The van der Waals surface area contributed by atoms with E-state index in [0.29, 0.717) is 19.3 Å². The van der Waals surface area contributed by atoms with Crippen LogP contribution in [0.15, 0.2) is 109 Å². The van der Waals surface area contributed by atoms with Crippen LogP contribution >= 0.6 is 0 Å². The average Bonchev–Trinajstić information content (AvgIpc) is 3.46. The summed E-state index contributed by atoms with van der Waals surface area (Å²) in [5.41, 5.74) is 0. The largest absolute Gasteiger partial charge is 0.462 e. The van der Waals surface area contributed by atoms with E-state index in [2.05, 4.69) is 124 Å². The van der Waals surface area contributed by atoms with Gasteiger partial charge in [0.1, 0.15) is 13.2 Å². The van der Waals surface area contributed by atoms with Crippen molar-refractivity contribution in [3.63, 3.8) is 0 Å². The smallest absolute Gasteiger partial charge is 0.306 e. The van der Waals surface area contributed by atoms with Gasteiger partial charge in [-0.25, -0.2) is 0 Å². The van der Waals surface area contributed by atoms with Crippen molar-refractivity contribution in [2.24, 2.45) is 0 Å². The Labute approximate surface area is 501 Å². The topological polar surface area (TPSA) is 78.9 Å². The van der Waals surface area contributed by atoms with Crippen molar-refractivity contribution in [1.82, 2.24) is 0 Å². The van der Waals surface area contributed by atoms with E-state index < -0.39 is 6.10 Å². The first-order chi connectivity index (χ1) is 40.0. The second-order valence-electron chi connectivity index (χ2n) is 22.7. The Morgan fingerprint density at radius 1 is 0.259 bits per heavy atom. The molecule has 0 rings (SSSR count). The monoisotopic (exact) mass is 1120 g/mol. The normalized spacial score (nSPS) is 12.8. The molecule has 0 N–H and O–H groups in total. The van der Waals surface area contributed by atoms with Crippen LogP contribution in [-0.2, 0) is 28.6 Å². The second kappa shape index (κ2) is 68.6. The first-order valence-corrected chi connectivity index (χ1v) is 34.4. The summed E-state index contributed by atoms with van der Waals surface area (Å²) in [4.78, 5) is 38.3. The first kappa shape index (κ1) is 77.1. The van der Waals surface area contributed by atoms with Crippen molar-refractivity contribution in [2.75, 3.05) is 13.2 Å². The fourth-order valence-corrected chi connectivity index (χ4v) is 9.72. The van der Waals surface area contributed by atoms with Gasteiger partial charge in [0.05, 0.1) is 0 Å². The molecule has 0 aliphatic carbocycles. The number of ether oxygens (including phenoxy) is 3. The van der Waals surface area contributed by atoms with Gasteiger partial charge < -0.3 is 14.2 Å². The molecule has 0 aromatic heterocycles. The van der Waals surface area contributed by atoms with Crippen LogP contribution in [0.4, 0.5) is 0 Å². The summed E-state index contributed by atoms with van der Waals surface area (Å²) in [5.74, 6) is -0.974. The number of allylic oxidation sites excluding steroid dienone is 18. The van der Waals surface area contributed by atoms with Gasteiger partial charge in [-0.05, 0) is 89.9 Å². The van der Waals surface area contributed by atoms with Gasteiger partial charge in [-0.2, -0.15) is 0 Å². The summed E-state index contributed by atoms with van der Waals surface area (Å²) in [6.45, 7) is 6.38. The highest BCUT2D eigenvalue weighted by Crippen LogP contribution is 2.18. The van der Waals surface area contributed by atoms with E-state index in [4.69, 9.17) is 14.2 Å². The predicted molar refractivity (Wildman–Crippen MR) is 353 cm³/mol. The fraction of sp³-hybridized carbons (Fsp3) is 0.720. The molecule has 0 aromatic rings. The minimum Gasteiger partial charge on any atom is -0.462 e. The fourth-order valence-electron chi connectivity index (χ4n) is 9.72. The molecule has 464 valence electrons. The molecular formula is C75H128O6. The summed E-state index contributed by atoms with van der Waals surface area (Å²) in [5, 5.41) is 0. The Balaban J connectivity index is 4.31. The van der Waals surface area contributed by atoms with E-state index in [1.807, 2.05) is 6.08 Å². The third-order valence-electron chi connectivity index (χ3n) is 14.8. The Kier molecular flexibility index (Phi) is 65.2. The van der Waals surface area contributed by atoms with Crippen LogP contribution in [0.3, 0.4) is 0 Å². The van der Waals surface area contributed by atoms with E-state index in [1.165, 1.54) is 186 Å². The maximum atomic E-state index is 12.9. The van der Waals surface area contributed by atoms with Crippen molar-refractivity contribution in [3.05, 3.63) is 109 Å². The number of carbonyl (C=O) groups is 3. The van der Waals surface area contributed by atoms with Crippen molar-refractivity contribution >= 4 is 17.9 Å². The molecule has 81 heavy (non-hydrogen) atoms. The molecule has 0 saturated heterocycles. The second-order valence-corrected chi connectivity index (χ2v) is 22.7. The van der Waals surface area contributed by atoms with Crippen LogP contribution in [0.1, 0.15) is 329 Å². The maximum absolute atomic E-state index is 12.9. The van der Waals surface area contributed by atoms with E-state index in [-0.39, 0.29) is 37.5 Å². The SMILES string of the molecule is CC/C=C\C/C=C\C/C=C\C/C=C\C/C=C\CCCCCCCCCCCCCC(=O)OCC(COC(=O)CC/C=C\C/C=C\C/C=C\C/C=C\CC)OC(=O)CCCCCCCCCCCCCCCCCCCCCCCCC. The van der Waals surface area contributed by atoms with Gasteiger partial charge in [0.25, 0.3) is 0 Å². The van der Waals surface area contributed by atoms with E-state index in [1.54, 1.807) is 0 Å². The average molecular weight is 1130 g/mol. The molecule has 0 amide bonds. The van der Waals surface area contributed by atoms with E-state index in [0.717, 1.165) is 96.3 Å². The van der Waals surface area contributed by atoms with Gasteiger partial charge >= 0.3 is 17.9 Å². The molecule has 0 saturated carbocycles. The lowest BCUT2D eigenvalue weighted by atomic mass is 10.0. The van der Waals surface area contributed by atoms with Crippen LogP contribution in [0.25, 0.3) is 0 Å². The highest BCUT2D eigenvalue weighted by molar-refractivity contribution is 5.71. The minimum atomic E-state index is -0.809. The lowest BCUT2D eigenvalue weighted by molar-refractivity contribution is -0.166. The molecule has 0 fully saturated rings. The maximum Gasteiger partial charge on any atom is 0.306 e. The molecule has 0 bridgehead atoms. The van der Waals surface area contributed by atoms with Gasteiger partial charge in [-0.1, -0.05) is 329 Å². The Hall–Kier alpha value is -3.93. The van der Waals surface area contributed by atoms with Crippen molar-refractivity contribution < 1.29 is 28.6 Å². The highest BCUT2D eigenvalue weighted by Gasteiger charge is 2.19. The summed E-state index contributed by atoms with van der Waals surface area (Å²) in [6, 6.07) is 0. The Morgan fingerprint density at radius 2 is 0.506 bits per heavy atom. The molecule has 0 radical (unpaired) electrons. The van der Waals surface area contributed by atoms with Crippen LogP contribution < -0.4 is 0 Å². The number of hydrogen-bond donors (Lipinski definition) is 0. The lowest BCUT2D eigenvalue weighted by Crippen LogP contribution is -2.30. The number of hydrogen-bond acceptors (Lipinski definition) is 6. The summed E-state index contributed by atoms with van der Waals surface area (Å²) in [6.07, 6.45) is 94.2. The lowest BCUT2D eigenvalue weighted by Gasteiger charge is -2.18. The van der Waals surface area contributed by atoms with Gasteiger partial charge in [0, 0.05) is 19.3 Å². The summed E-state index contributed by atoms with van der Waals surface area (Å²) >= 11 is 0. The van der Waals surface area contributed by atoms with Crippen LogP contribution in [0.5, 0.6) is 0 Å². The summed E-state index contributed by atoms with van der Waals surface area (Å²) < 4.78 is 16.9. The standard InChI is InChI=1S/C75H128O6/c1-4-7-10-13-16-19-22-25-27-29-31-33-35-36-37-38-40-41-43-45-47-50-53-56-59-62-65-68-74(77)80-71-72(70-79-73(76)67-64-61-58-55-52-49-24-21-18-15-12-9-6-3)81-75(78)69-66-63-60-57-54-51-48-46-44-42-39-34-32-30-28-26-23-20-17-14-11-8-5-2/h7,9-10,12,16,18-19,21,25,27,31,33,36-37,49,52,58,61,72H,4-6,8,11,13-15,17,20,22-24,26,28-30,32,34-35,38-48,50-51,53-57,59-60,62-71H2,1-3H3/b10-7-,12-9-,19-16-,21-18-,27-25-,33-31-,37-36-,52-49-,61-58-. The Bertz CT molecular complexity index is 1620. The van der Waals surface area contributed by atoms with Gasteiger partial charge in [-0.3, -0.25) is 14.4 Å². The number of rotatable bonds is 62. The third kappa shape index (κ3) is 66.8. The molecule has 0 spiro atoms. The van der Waals surface area contributed by atoms with Crippen LogP contribution in [-0.4, -0.2) is 37.2 Å². The molecule has 0 aromatic carbocycles. The predicted octanol–water partition coefficient (Wildman–Crippen LogP) is 23.8.